The molecule has 0 saturated carbocycles. The number of carbonyl (C=O) groups is 2. The number of para-hydroxylation sites is 1. The first-order valence-corrected chi connectivity index (χ1v) is 11.5. The van der Waals surface area contributed by atoms with Crippen LogP contribution in [0.25, 0.3) is 22.2 Å². The van der Waals surface area contributed by atoms with Gasteiger partial charge in [-0.25, -0.2) is 9.78 Å². The number of thiophene rings is 1. The summed E-state index contributed by atoms with van der Waals surface area (Å²) in [6, 6.07) is 16.9. The highest BCUT2D eigenvalue weighted by Crippen LogP contribution is 2.40. The second-order valence-corrected chi connectivity index (χ2v) is 8.92. The number of nitrogens with one attached hydrogen (secondary N) is 1. The zero-order valence-electron chi connectivity index (χ0n) is 18.3. The molecule has 7 heteroatoms. The topological polar surface area (TPSA) is 77.5 Å². The van der Waals surface area contributed by atoms with Crippen LogP contribution in [-0.2, 0) is 17.6 Å². The van der Waals surface area contributed by atoms with Crippen molar-refractivity contribution in [3.8, 4) is 17.0 Å². The van der Waals surface area contributed by atoms with Gasteiger partial charge in [0.05, 0.1) is 36.6 Å². The molecule has 2 aromatic heterocycles. The van der Waals surface area contributed by atoms with Crippen LogP contribution < -0.4 is 10.1 Å². The van der Waals surface area contributed by atoms with Crippen LogP contribution in [0.2, 0.25) is 0 Å². The lowest BCUT2D eigenvalue weighted by Crippen LogP contribution is -2.15. The standard InChI is InChI=1S/C26H22N2O4S/c1-31-16-8-5-7-15(13-16)21-14-19(17-9-3-4-11-20(17)27-21)24(29)28-25-23(26(30)32-2)18-10-6-12-22(18)33-25/h3-5,7-9,11,13-14H,6,10,12H2,1-2H3,(H,28,29). The van der Waals surface area contributed by atoms with Crippen molar-refractivity contribution < 1.29 is 19.1 Å². The molecule has 0 atom stereocenters. The Morgan fingerprint density at radius 1 is 1.03 bits per heavy atom. The maximum atomic E-state index is 13.5. The first kappa shape index (κ1) is 21.2. The highest BCUT2D eigenvalue weighted by Gasteiger charge is 2.28. The Morgan fingerprint density at radius 2 is 1.88 bits per heavy atom. The second kappa shape index (κ2) is 8.67. The van der Waals surface area contributed by atoms with E-state index in [9.17, 15) is 9.59 Å². The third-order valence-corrected chi connectivity index (χ3v) is 7.07. The summed E-state index contributed by atoms with van der Waals surface area (Å²) in [5, 5.41) is 4.27. The molecule has 1 aliphatic carbocycles. The third-order valence-electron chi connectivity index (χ3n) is 5.86. The molecule has 0 spiro atoms. The van der Waals surface area contributed by atoms with E-state index in [1.807, 2.05) is 48.5 Å². The number of amides is 1. The number of fused-ring (bicyclic) bond motifs is 2. The minimum absolute atomic E-state index is 0.289. The zero-order valence-corrected chi connectivity index (χ0v) is 19.1. The van der Waals surface area contributed by atoms with Gasteiger partial charge in [0.15, 0.2) is 0 Å². The Labute approximate surface area is 195 Å². The largest absolute Gasteiger partial charge is 0.497 e. The van der Waals surface area contributed by atoms with Gasteiger partial charge < -0.3 is 14.8 Å². The molecular formula is C26H22N2O4S. The quantitative estimate of drug-likeness (QED) is 0.400. The molecule has 166 valence electrons. The van der Waals surface area contributed by atoms with Crippen LogP contribution >= 0.6 is 11.3 Å². The number of methoxy groups -OCH3 is 2. The van der Waals surface area contributed by atoms with Crippen molar-refractivity contribution in [1.29, 1.82) is 0 Å². The van der Waals surface area contributed by atoms with Crippen LogP contribution in [0.1, 0.15) is 37.6 Å². The summed E-state index contributed by atoms with van der Waals surface area (Å²) in [7, 11) is 2.98. The van der Waals surface area contributed by atoms with E-state index in [1.165, 1.54) is 18.4 Å². The lowest BCUT2D eigenvalue weighted by Gasteiger charge is -2.12. The SMILES string of the molecule is COC(=O)c1c(NC(=O)c2cc(-c3cccc(OC)c3)nc3ccccc23)sc2c1CCC2. The van der Waals surface area contributed by atoms with E-state index in [4.69, 9.17) is 14.5 Å². The predicted octanol–water partition coefficient (Wildman–Crippen LogP) is 5.50. The van der Waals surface area contributed by atoms with E-state index in [-0.39, 0.29) is 5.91 Å². The van der Waals surface area contributed by atoms with Gasteiger partial charge in [0.25, 0.3) is 5.91 Å². The monoisotopic (exact) mass is 458 g/mol. The minimum Gasteiger partial charge on any atom is -0.497 e. The highest BCUT2D eigenvalue weighted by molar-refractivity contribution is 7.17. The van der Waals surface area contributed by atoms with Gasteiger partial charge in [-0.15, -0.1) is 11.3 Å². The molecule has 5 rings (SSSR count). The number of ether oxygens (including phenoxy) is 2. The Morgan fingerprint density at radius 3 is 2.70 bits per heavy atom. The summed E-state index contributed by atoms with van der Waals surface area (Å²) in [4.78, 5) is 31.9. The molecule has 4 aromatic rings. The molecule has 2 aromatic carbocycles. The van der Waals surface area contributed by atoms with Crippen LogP contribution in [-0.4, -0.2) is 31.1 Å². The second-order valence-electron chi connectivity index (χ2n) is 7.81. The first-order chi connectivity index (χ1) is 16.1. The number of aromatic nitrogens is 1. The number of carbonyl (C=O) groups excluding carboxylic acids is 2. The van der Waals surface area contributed by atoms with Crippen molar-refractivity contribution in [2.45, 2.75) is 19.3 Å². The van der Waals surface area contributed by atoms with Gasteiger partial charge in [-0.05, 0) is 49.1 Å². The van der Waals surface area contributed by atoms with Gasteiger partial charge in [0, 0.05) is 15.8 Å². The van der Waals surface area contributed by atoms with Crippen molar-refractivity contribution in [3.05, 3.63) is 76.2 Å². The number of pyridine rings is 1. The molecule has 0 radical (unpaired) electrons. The van der Waals surface area contributed by atoms with Crippen LogP contribution in [0.5, 0.6) is 5.75 Å². The number of aryl methyl sites for hydroxylation is 1. The van der Waals surface area contributed by atoms with E-state index >= 15 is 0 Å². The lowest BCUT2D eigenvalue weighted by atomic mass is 10.0. The van der Waals surface area contributed by atoms with Gasteiger partial charge in [-0.3, -0.25) is 4.79 Å². The molecule has 1 N–H and O–H groups in total. The summed E-state index contributed by atoms with van der Waals surface area (Å²) < 4.78 is 10.4. The van der Waals surface area contributed by atoms with Crippen LogP contribution in [0.15, 0.2) is 54.6 Å². The number of hydrogen-bond acceptors (Lipinski definition) is 6. The fourth-order valence-electron chi connectivity index (χ4n) is 4.27. The summed E-state index contributed by atoms with van der Waals surface area (Å²) in [5.74, 6) is 0.00783. The average molecular weight is 459 g/mol. The Hall–Kier alpha value is -3.71. The lowest BCUT2D eigenvalue weighted by molar-refractivity contribution is 0.0601. The van der Waals surface area contributed by atoms with Crippen LogP contribution in [0.4, 0.5) is 5.00 Å². The van der Waals surface area contributed by atoms with Gasteiger partial charge in [0.2, 0.25) is 0 Å². The van der Waals surface area contributed by atoms with Gasteiger partial charge in [-0.2, -0.15) is 0 Å². The van der Waals surface area contributed by atoms with Crippen molar-refractivity contribution in [1.82, 2.24) is 4.98 Å². The fraction of sp³-hybridized carbons (Fsp3) is 0.192. The number of esters is 1. The van der Waals surface area contributed by atoms with E-state index in [2.05, 4.69) is 5.32 Å². The van der Waals surface area contributed by atoms with E-state index in [0.29, 0.717) is 33.1 Å². The molecule has 1 aliphatic rings. The maximum absolute atomic E-state index is 13.5. The van der Waals surface area contributed by atoms with Gasteiger partial charge in [-0.1, -0.05) is 30.3 Å². The van der Waals surface area contributed by atoms with Crippen molar-refractivity contribution >= 4 is 39.1 Å². The molecular weight excluding hydrogens is 436 g/mol. The summed E-state index contributed by atoms with van der Waals surface area (Å²) in [6.45, 7) is 0. The molecule has 2 heterocycles. The van der Waals surface area contributed by atoms with Crippen molar-refractivity contribution in [3.63, 3.8) is 0 Å². The van der Waals surface area contributed by atoms with Crippen molar-refractivity contribution in [2.75, 3.05) is 19.5 Å². The summed E-state index contributed by atoms with van der Waals surface area (Å²) >= 11 is 1.46. The highest BCUT2D eigenvalue weighted by atomic mass is 32.1. The van der Waals surface area contributed by atoms with Gasteiger partial charge in [0.1, 0.15) is 10.8 Å². The molecule has 0 unspecified atom stereocenters. The molecule has 33 heavy (non-hydrogen) atoms. The van der Waals surface area contributed by atoms with Crippen molar-refractivity contribution in [2.24, 2.45) is 0 Å². The maximum Gasteiger partial charge on any atom is 0.341 e. The number of anilines is 1. The molecule has 0 bridgehead atoms. The third kappa shape index (κ3) is 3.85. The molecule has 0 aliphatic heterocycles. The fourth-order valence-corrected chi connectivity index (χ4v) is 5.55. The van der Waals surface area contributed by atoms with Crippen LogP contribution in [0, 0.1) is 0 Å². The normalized spacial score (nSPS) is 12.4. The van der Waals surface area contributed by atoms with E-state index < -0.39 is 5.97 Å². The first-order valence-electron chi connectivity index (χ1n) is 10.7. The van der Waals surface area contributed by atoms with E-state index in [1.54, 1.807) is 13.2 Å². The summed E-state index contributed by atoms with van der Waals surface area (Å²) in [5.41, 5.74) is 4.19. The molecule has 6 nitrogen and oxygen atoms in total. The number of hydrogen-bond donors (Lipinski definition) is 1. The number of benzene rings is 2. The van der Waals surface area contributed by atoms with Crippen LogP contribution in [0.3, 0.4) is 0 Å². The predicted molar refractivity (Wildman–Crippen MR) is 129 cm³/mol. The summed E-state index contributed by atoms with van der Waals surface area (Å²) in [6.07, 6.45) is 2.75. The zero-order chi connectivity index (χ0) is 22.9. The Kier molecular flexibility index (Phi) is 5.56. The Balaban J connectivity index is 1.59. The Bertz CT molecular complexity index is 1390. The minimum atomic E-state index is -0.415. The van der Waals surface area contributed by atoms with Gasteiger partial charge >= 0.3 is 5.97 Å². The molecule has 1 amide bonds. The smallest absolute Gasteiger partial charge is 0.341 e. The number of rotatable bonds is 5. The molecule has 0 saturated heterocycles. The molecule has 0 fully saturated rings. The number of nitrogens with zero attached hydrogens (tertiary/aromatic N) is 1. The van der Waals surface area contributed by atoms with E-state index in [0.717, 1.165) is 40.7 Å². The average Bonchev–Trinajstić information content (AvgIpc) is 3.43.